The molecule has 1 aromatic heterocycles. The Morgan fingerprint density at radius 2 is 1.87 bits per heavy atom. The highest BCUT2D eigenvalue weighted by molar-refractivity contribution is 6.46. The number of aromatic amines is 1. The van der Waals surface area contributed by atoms with E-state index in [0.717, 1.165) is 13.1 Å². The van der Waals surface area contributed by atoms with Crippen molar-refractivity contribution in [3.05, 3.63) is 58.2 Å². The maximum Gasteiger partial charge on any atom is 0.295 e. The molecule has 1 aromatic carbocycles. The van der Waals surface area contributed by atoms with Gasteiger partial charge in [-0.1, -0.05) is 12.1 Å². The van der Waals surface area contributed by atoms with Crippen LogP contribution in [0.1, 0.15) is 28.6 Å². The first-order chi connectivity index (χ1) is 14.9. The van der Waals surface area contributed by atoms with E-state index in [0.29, 0.717) is 48.8 Å². The third kappa shape index (κ3) is 3.98. The molecule has 9 heteroatoms. The van der Waals surface area contributed by atoms with Crippen LogP contribution in [-0.4, -0.2) is 76.2 Å². The van der Waals surface area contributed by atoms with Gasteiger partial charge in [-0.05, 0) is 31.5 Å². The van der Waals surface area contributed by atoms with E-state index < -0.39 is 23.5 Å². The first-order valence-electron chi connectivity index (χ1n) is 10.2. The van der Waals surface area contributed by atoms with Crippen molar-refractivity contribution < 1.29 is 23.8 Å². The number of nitrogens with zero attached hydrogens (tertiary/aromatic N) is 3. The summed E-state index contributed by atoms with van der Waals surface area (Å²) < 4.78 is 18.9. The maximum atomic E-state index is 13.6. The zero-order valence-electron chi connectivity index (χ0n) is 17.5. The predicted octanol–water partition coefficient (Wildman–Crippen LogP) is 1.92. The minimum atomic E-state index is -0.810. The number of carbonyl (C=O) groups is 2. The van der Waals surface area contributed by atoms with Crippen LogP contribution >= 0.6 is 0 Å². The number of nitrogens with one attached hydrogen (secondary N) is 1. The average Bonchev–Trinajstić information content (AvgIpc) is 3.23. The van der Waals surface area contributed by atoms with Gasteiger partial charge in [0, 0.05) is 31.9 Å². The summed E-state index contributed by atoms with van der Waals surface area (Å²) in [7, 11) is 0. The number of ketones is 1. The number of likely N-dealkylation sites (tertiary alicyclic amines) is 1. The van der Waals surface area contributed by atoms with Crippen molar-refractivity contribution in [2.75, 3.05) is 39.4 Å². The second kappa shape index (κ2) is 8.60. The third-order valence-corrected chi connectivity index (χ3v) is 5.85. The van der Waals surface area contributed by atoms with Gasteiger partial charge in [-0.25, -0.2) is 4.39 Å². The highest BCUT2D eigenvalue weighted by Crippen LogP contribution is 2.40. The lowest BCUT2D eigenvalue weighted by Gasteiger charge is -2.31. The van der Waals surface area contributed by atoms with Gasteiger partial charge in [0.25, 0.3) is 11.7 Å². The number of hydrogen-bond donors (Lipinski definition) is 2. The molecule has 31 heavy (non-hydrogen) atoms. The Hall–Kier alpha value is -3.04. The Labute approximate surface area is 179 Å². The first-order valence-corrected chi connectivity index (χ1v) is 10.2. The standard InChI is InChI=1S/C22H25FN4O4/c1-13-17(14(2)25-24-13)20(28)18-19(15-3-5-16(23)6-4-15)27(22(30)21(18)29)8-7-26-9-11-31-12-10-26/h3-6,19,28H,7-12H2,1-2H3,(H,24,25)/b20-18+/t19-/m1/s1. The molecular weight excluding hydrogens is 403 g/mol. The number of benzene rings is 1. The van der Waals surface area contributed by atoms with Gasteiger partial charge >= 0.3 is 0 Å². The van der Waals surface area contributed by atoms with Crippen LogP contribution in [0.15, 0.2) is 29.8 Å². The molecule has 0 radical (unpaired) electrons. The lowest BCUT2D eigenvalue weighted by Crippen LogP contribution is -2.42. The number of halogens is 1. The molecule has 8 nitrogen and oxygen atoms in total. The molecule has 2 N–H and O–H groups in total. The summed E-state index contributed by atoms with van der Waals surface area (Å²) in [6, 6.07) is 4.83. The van der Waals surface area contributed by atoms with Crippen molar-refractivity contribution in [2.45, 2.75) is 19.9 Å². The molecule has 1 amide bonds. The smallest absolute Gasteiger partial charge is 0.295 e. The van der Waals surface area contributed by atoms with Crippen molar-refractivity contribution >= 4 is 17.4 Å². The minimum absolute atomic E-state index is 0.00816. The molecule has 1 atom stereocenters. The summed E-state index contributed by atoms with van der Waals surface area (Å²) in [4.78, 5) is 29.6. The number of aryl methyl sites for hydroxylation is 2. The quantitative estimate of drug-likeness (QED) is 0.429. The van der Waals surface area contributed by atoms with E-state index in [-0.39, 0.29) is 11.3 Å². The number of ether oxygens (including phenoxy) is 1. The molecule has 2 aromatic rings. The number of hydrogen-bond acceptors (Lipinski definition) is 6. The second-order valence-corrected chi connectivity index (χ2v) is 7.81. The van der Waals surface area contributed by atoms with Crippen LogP contribution in [0.5, 0.6) is 0 Å². The van der Waals surface area contributed by atoms with Gasteiger partial charge in [-0.3, -0.25) is 19.6 Å². The molecule has 2 aliphatic heterocycles. The van der Waals surface area contributed by atoms with Gasteiger partial charge < -0.3 is 14.7 Å². The zero-order chi connectivity index (χ0) is 22.1. The summed E-state index contributed by atoms with van der Waals surface area (Å²) in [5.74, 6) is -2.13. The van der Waals surface area contributed by atoms with Gasteiger partial charge in [0.2, 0.25) is 0 Å². The fraction of sp³-hybridized carbons (Fsp3) is 0.409. The van der Waals surface area contributed by atoms with Gasteiger partial charge in [0.15, 0.2) is 0 Å². The van der Waals surface area contributed by atoms with E-state index in [2.05, 4.69) is 15.1 Å². The summed E-state index contributed by atoms with van der Waals surface area (Å²) in [6.45, 7) is 7.05. The molecule has 0 aliphatic carbocycles. The van der Waals surface area contributed by atoms with Crippen LogP contribution in [-0.2, 0) is 14.3 Å². The summed E-state index contributed by atoms with van der Waals surface area (Å²) >= 11 is 0. The van der Waals surface area contributed by atoms with Gasteiger partial charge in [0.1, 0.15) is 11.6 Å². The molecule has 2 saturated heterocycles. The molecule has 0 spiro atoms. The largest absolute Gasteiger partial charge is 0.507 e. The number of morpholine rings is 1. The van der Waals surface area contributed by atoms with Crippen molar-refractivity contribution in [1.82, 2.24) is 20.0 Å². The minimum Gasteiger partial charge on any atom is -0.507 e. The number of H-pyrrole nitrogens is 1. The molecule has 0 saturated carbocycles. The average molecular weight is 428 g/mol. The molecule has 2 fully saturated rings. The monoisotopic (exact) mass is 428 g/mol. The second-order valence-electron chi connectivity index (χ2n) is 7.81. The van der Waals surface area contributed by atoms with E-state index in [1.165, 1.54) is 29.2 Å². The summed E-state index contributed by atoms with van der Waals surface area (Å²) in [5, 5.41) is 18.0. The Morgan fingerprint density at radius 1 is 1.19 bits per heavy atom. The van der Waals surface area contributed by atoms with Crippen LogP contribution in [0.25, 0.3) is 5.76 Å². The van der Waals surface area contributed by atoms with Crippen molar-refractivity contribution in [3.8, 4) is 0 Å². The molecule has 2 aliphatic rings. The van der Waals surface area contributed by atoms with Gasteiger partial charge in [0.05, 0.1) is 36.1 Å². The van der Waals surface area contributed by atoms with Crippen LogP contribution < -0.4 is 0 Å². The molecule has 3 heterocycles. The molecule has 4 rings (SSSR count). The first kappa shape index (κ1) is 21.2. The van der Waals surface area contributed by atoms with Gasteiger partial charge in [-0.2, -0.15) is 5.10 Å². The number of carbonyl (C=O) groups excluding carboxylic acids is 2. The maximum absolute atomic E-state index is 13.6. The Bertz CT molecular complexity index is 1010. The highest BCUT2D eigenvalue weighted by atomic mass is 19.1. The Balaban J connectivity index is 1.75. The zero-order valence-corrected chi connectivity index (χ0v) is 17.5. The van der Waals surface area contributed by atoms with E-state index in [9.17, 15) is 19.1 Å². The molecule has 164 valence electrons. The lowest BCUT2D eigenvalue weighted by atomic mass is 9.94. The summed E-state index contributed by atoms with van der Waals surface area (Å²) in [6.07, 6.45) is 0. The number of Topliss-reactive ketones (excluding diaryl/α,β-unsaturated/α-hetero) is 1. The van der Waals surface area contributed by atoms with Crippen LogP contribution in [0.2, 0.25) is 0 Å². The van der Waals surface area contributed by atoms with Crippen LogP contribution in [0.4, 0.5) is 4.39 Å². The number of rotatable bonds is 5. The molecule has 0 unspecified atom stereocenters. The fourth-order valence-electron chi connectivity index (χ4n) is 4.21. The van der Waals surface area contributed by atoms with Crippen molar-refractivity contribution in [1.29, 1.82) is 0 Å². The van der Waals surface area contributed by atoms with E-state index in [1.807, 2.05) is 0 Å². The fourth-order valence-corrected chi connectivity index (χ4v) is 4.21. The van der Waals surface area contributed by atoms with Crippen LogP contribution in [0.3, 0.4) is 0 Å². The van der Waals surface area contributed by atoms with Crippen molar-refractivity contribution in [2.24, 2.45) is 0 Å². The number of aliphatic hydroxyl groups is 1. The Morgan fingerprint density at radius 3 is 2.48 bits per heavy atom. The molecular formula is C22H25FN4O4. The highest BCUT2D eigenvalue weighted by Gasteiger charge is 2.46. The third-order valence-electron chi connectivity index (χ3n) is 5.85. The van der Waals surface area contributed by atoms with Crippen molar-refractivity contribution in [3.63, 3.8) is 0 Å². The number of amides is 1. The SMILES string of the molecule is Cc1n[nH]c(C)c1/C(O)=C1\C(=O)C(=O)N(CCN2CCOCC2)[C@@H]1c1ccc(F)cc1. The predicted molar refractivity (Wildman–Crippen MR) is 111 cm³/mol. The number of aromatic nitrogens is 2. The van der Waals surface area contributed by atoms with E-state index >= 15 is 0 Å². The lowest BCUT2D eigenvalue weighted by molar-refractivity contribution is -0.140. The van der Waals surface area contributed by atoms with E-state index in [1.54, 1.807) is 13.8 Å². The van der Waals surface area contributed by atoms with E-state index in [4.69, 9.17) is 4.74 Å². The van der Waals surface area contributed by atoms with Crippen LogP contribution in [0, 0.1) is 19.7 Å². The number of aliphatic hydroxyl groups excluding tert-OH is 1. The Kier molecular flexibility index (Phi) is 5.88. The normalized spacial score (nSPS) is 21.8. The molecule has 0 bridgehead atoms. The van der Waals surface area contributed by atoms with Gasteiger partial charge in [-0.15, -0.1) is 0 Å². The summed E-state index contributed by atoms with van der Waals surface area (Å²) in [5.41, 5.74) is 2.06. The topological polar surface area (TPSA) is 98.8 Å².